The molecule has 1 N–H and O–H groups in total. The fourth-order valence-electron chi connectivity index (χ4n) is 3.32. The lowest BCUT2D eigenvalue weighted by Crippen LogP contribution is -2.73. The fourth-order valence-corrected chi connectivity index (χ4v) is 3.32. The SMILES string of the molecule is OC(C(F)(F)F)(C(F)(F)F)C1(F)C2CCC(C2)C1F. The Balaban J connectivity index is 2.57. The number of rotatable bonds is 1. The Kier molecular flexibility index (Phi) is 2.91. The Bertz CT molecular complexity index is 357. The molecule has 2 saturated carbocycles. The van der Waals surface area contributed by atoms with Gasteiger partial charge in [-0.15, -0.1) is 0 Å². The quantitative estimate of drug-likeness (QED) is 0.736. The topological polar surface area (TPSA) is 20.2 Å². The molecule has 0 aromatic carbocycles. The second-order valence-corrected chi connectivity index (χ2v) is 5.15. The number of alkyl halides is 8. The van der Waals surface area contributed by atoms with Gasteiger partial charge in [0.05, 0.1) is 0 Å². The molecule has 4 unspecified atom stereocenters. The van der Waals surface area contributed by atoms with Crippen LogP contribution in [0.2, 0.25) is 0 Å². The van der Waals surface area contributed by atoms with Crippen molar-refractivity contribution in [2.24, 2.45) is 11.8 Å². The van der Waals surface area contributed by atoms with E-state index in [1.54, 1.807) is 0 Å². The zero-order valence-corrected chi connectivity index (χ0v) is 9.32. The van der Waals surface area contributed by atoms with Gasteiger partial charge in [-0.05, 0) is 31.1 Å². The minimum atomic E-state index is -6.34. The van der Waals surface area contributed by atoms with Crippen molar-refractivity contribution in [1.29, 1.82) is 0 Å². The summed E-state index contributed by atoms with van der Waals surface area (Å²) in [6.07, 6.45) is -16.3. The van der Waals surface area contributed by atoms with E-state index in [2.05, 4.69) is 0 Å². The predicted molar refractivity (Wildman–Crippen MR) is 46.6 cm³/mol. The zero-order chi connectivity index (χ0) is 14.9. The molecule has 1 nitrogen and oxygen atoms in total. The van der Waals surface area contributed by atoms with Gasteiger partial charge in [-0.25, -0.2) is 8.78 Å². The average Bonchev–Trinajstić information content (AvgIpc) is 2.78. The Morgan fingerprint density at radius 3 is 1.74 bits per heavy atom. The lowest BCUT2D eigenvalue weighted by atomic mass is 9.71. The first-order valence-electron chi connectivity index (χ1n) is 5.56. The molecule has 0 aliphatic heterocycles. The Labute approximate surface area is 102 Å². The average molecular weight is 298 g/mol. The van der Waals surface area contributed by atoms with Crippen molar-refractivity contribution < 1.29 is 40.2 Å². The van der Waals surface area contributed by atoms with Crippen LogP contribution in [0.25, 0.3) is 0 Å². The summed E-state index contributed by atoms with van der Waals surface area (Å²) in [7, 11) is 0. The monoisotopic (exact) mass is 298 g/mol. The lowest BCUT2D eigenvalue weighted by Gasteiger charge is -2.46. The molecule has 0 aromatic heterocycles. The molecule has 0 saturated heterocycles. The van der Waals surface area contributed by atoms with Gasteiger partial charge in [-0.1, -0.05) is 0 Å². The van der Waals surface area contributed by atoms with E-state index in [1.165, 1.54) is 0 Å². The van der Waals surface area contributed by atoms with Crippen LogP contribution < -0.4 is 0 Å². The van der Waals surface area contributed by atoms with Gasteiger partial charge in [0.15, 0.2) is 5.67 Å². The van der Waals surface area contributed by atoms with Crippen molar-refractivity contribution in [2.45, 2.75) is 49.1 Å². The minimum Gasteiger partial charge on any atom is -0.371 e. The van der Waals surface area contributed by atoms with Gasteiger partial charge in [0, 0.05) is 0 Å². The zero-order valence-electron chi connectivity index (χ0n) is 9.32. The van der Waals surface area contributed by atoms with E-state index in [4.69, 9.17) is 5.11 Å². The second-order valence-electron chi connectivity index (χ2n) is 5.15. The third-order valence-corrected chi connectivity index (χ3v) is 4.26. The van der Waals surface area contributed by atoms with E-state index < -0.39 is 48.1 Å². The summed E-state index contributed by atoms with van der Waals surface area (Å²) in [4.78, 5) is 0. The molecule has 112 valence electrons. The summed E-state index contributed by atoms with van der Waals surface area (Å²) in [6, 6.07) is 0. The first-order valence-corrected chi connectivity index (χ1v) is 5.56. The summed E-state index contributed by atoms with van der Waals surface area (Å²) < 4.78 is 104. The molecule has 0 heterocycles. The maximum atomic E-state index is 14.4. The van der Waals surface area contributed by atoms with Crippen molar-refractivity contribution in [2.75, 3.05) is 0 Å². The summed E-state index contributed by atoms with van der Waals surface area (Å²) in [6.45, 7) is 0. The molecule has 2 fully saturated rings. The number of hydrogen-bond acceptors (Lipinski definition) is 1. The Hall–Kier alpha value is -0.600. The molecule has 4 atom stereocenters. The number of fused-ring (bicyclic) bond motifs is 2. The van der Waals surface area contributed by atoms with Gasteiger partial charge in [0.2, 0.25) is 0 Å². The van der Waals surface area contributed by atoms with Gasteiger partial charge in [0.1, 0.15) is 6.17 Å². The van der Waals surface area contributed by atoms with Crippen LogP contribution in [0.15, 0.2) is 0 Å². The van der Waals surface area contributed by atoms with E-state index >= 15 is 0 Å². The first kappa shape index (κ1) is 14.8. The highest BCUT2D eigenvalue weighted by Gasteiger charge is 2.86. The third kappa shape index (κ3) is 1.56. The molecule has 0 aromatic rings. The highest BCUT2D eigenvalue weighted by molar-refractivity contribution is 5.22. The van der Waals surface area contributed by atoms with Gasteiger partial charge in [-0.3, -0.25) is 0 Å². The second kappa shape index (κ2) is 3.73. The van der Waals surface area contributed by atoms with Crippen LogP contribution in [0.3, 0.4) is 0 Å². The normalized spacial score (nSPS) is 39.9. The highest BCUT2D eigenvalue weighted by atomic mass is 19.4. The van der Waals surface area contributed by atoms with Gasteiger partial charge < -0.3 is 5.11 Å². The highest BCUT2D eigenvalue weighted by Crippen LogP contribution is 2.64. The standard InChI is InChI=1S/C10H10F8O/c11-6-4-1-2-5(3-4)7(6,12)8(19,9(13,14)15)10(16,17)18/h4-6,19H,1-3H2. The minimum absolute atomic E-state index is 0.0310. The number of halogens is 8. The molecule has 2 rings (SSSR count). The van der Waals surface area contributed by atoms with Crippen molar-refractivity contribution in [3.05, 3.63) is 0 Å². The van der Waals surface area contributed by atoms with Gasteiger partial charge >= 0.3 is 12.4 Å². The molecule has 19 heavy (non-hydrogen) atoms. The van der Waals surface area contributed by atoms with E-state index in [1.807, 2.05) is 0 Å². The summed E-state index contributed by atoms with van der Waals surface area (Å²) in [5.74, 6) is -2.98. The maximum Gasteiger partial charge on any atom is 0.429 e. The van der Waals surface area contributed by atoms with Crippen molar-refractivity contribution >= 4 is 0 Å². The van der Waals surface area contributed by atoms with E-state index in [0.717, 1.165) is 0 Å². The predicted octanol–water partition coefficient (Wildman–Crippen LogP) is 3.32. The summed E-state index contributed by atoms with van der Waals surface area (Å²) in [5, 5.41) is 9.07. The molecule has 2 bridgehead atoms. The van der Waals surface area contributed by atoms with Gasteiger partial charge in [-0.2, -0.15) is 26.3 Å². The summed E-state index contributed by atoms with van der Waals surface area (Å²) >= 11 is 0. The van der Waals surface area contributed by atoms with Crippen LogP contribution in [0, 0.1) is 11.8 Å². The first-order chi connectivity index (χ1) is 8.37. The summed E-state index contributed by atoms with van der Waals surface area (Å²) in [5.41, 5.74) is -10.0. The fraction of sp³-hybridized carbons (Fsp3) is 1.00. The van der Waals surface area contributed by atoms with E-state index in [-0.39, 0.29) is 12.8 Å². The molecule has 0 radical (unpaired) electrons. The third-order valence-electron chi connectivity index (χ3n) is 4.26. The molecular formula is C10H10F8O. The maximum absolute atomic E-state index is 14.4. The molecule has 9 heteroatoms. The Morgan fingerprint density at radius 2 is 1.42 bits per heavy atom. The number of hydrogen-bond donors (Lipinski definition) is 1. The van der Waals surface area contributed by atoms with Crippen LogP contribution in [-0.2, 0) is 0 Å². The van der Waals surface area contributed by atoms with Crippen LogP contribution in [0.4, 0.5) is 35.1 Å². The van der Waals surface area contributed by atoms with Crippen molar-refractivity contribution in [3.8, 4) is 0 Å². The Morgan fingerprint density at radius 1 is 0.947 bits per heavy atom. The van der Waals surface area contributed by atoms with Crippen LogP contribution in [0.5, 0.6) is 0 Å². The van der Waals surface area contributed by atoms with Crippen LogP contribution in [0.1, 0.15) is 19.3 Å². The van der Waals surface area contributed by atoms with E-state index in [0.29, 0.717) is 0 Å². The largest absolute Gasteiger partial charge is 0.429 e. The molecule has 2 aliphatic carbocycles. The molecule has 0 amide bonds. The van der Waals surface area contributed by atoms with Crippen molar-refractivity contribution in [1.82, 2.24) is 0 Å². The van der Waals surface area contributed by atoms with E-state index in [9.17, 15) is 35.1 Å². The van der Waals surface area contributed by atoms with Gasteiger partial charge in [0.25, 0.3) is 5.60 Å². The smallest absolute Gasteiger partial charge is 0.371 e. The van der Waals surface area contributed by atoms with Crippen LogP contribution >= 0.6 is 0 Å². The molecular weight excluding hydrogens is 288 g/mol. The number of aliphatic hydroxyl groups is 1. The van der Waals surface area contributed by atoms with Crippen molar-refractivity contribution in [3.63, 3.8) is 0 Å². The molecule has 2 aliphatic rings. The molecule has 0 spiro atoms. The lowest BCUT2D eigenvalue weighted by molar-refractivity contribution is -0.413. The van der Waals surface area contributed by atoms with Crippen LogP contribution in [-0.4, -0.2) is 34.9 Å².